The third-order valence-corrected chi connectivity index (χ3v) is 4.55. The van der Waals surface area contributed by atoms with Crippen LogP contribution in [-0.2, 0) is 5.41 Å². The lowest BCUT2D eigenvalue weighted by atomic mass is 9.73. The van der Waals surface area contributed by atoms with Crippen molar-refractivity contribution in [1.82, 2.24) is 5.32 Å². The number of nitrogens with one attached hydrogen (secondary N) is 1. The SMILES string of the molecule is CC(C)CNCC1(c2ccccc2)CCCC1C. The lowest BCUT2D eigenvalue weighted by molar-refractivity contribution is 0.312. The molecule has 0 amide bonds. The van der Waals surface area contributed by atoms with E-state index in [0.29, 0.717) is 5.41 Å². The molecular formula is C17H27N. The summed E-state index contributed by atoms with van der Waals surface area (Å²) in [4.78, 5) is 0. The standard InChI is InChI=1S/C17H27N/c1-14(2)12-18-13-17(11-7-8-15(17)3)16-9-5-4-6-10-16/h4-6,9-10,14-15,18H,7-8,11-13H2,1-3H3. The fourth-order valence-corrected chi connectivity index (χ4v) is 3.39. The van der Waals surface area contributed by atoms with Gasteiger partial charge in [-0.2, -0.15) is 0 Å². The first kappa shape index (κ1) is 13.6. The van der Waals surface area contributed by atoms with E-state index in [-0.39, 0.29) is 0 Å². The van der Waals surface area contributed by atoms with Crippen LogP contribution in [0.25, 0.3) is 0 Å². The number of hydrogen-bond donors (Lipinski definition) is 1. The molecule has 0 spiro atoms. The van der Waals surface area contributed by atoms with Crippen LogP contribution >= 0.6 is 0 Å². The molecule has 2 atom stereocenters. The molecule has 0 bridgehead atoms. The van der Waals surface area contributed by atoms with Crippen LogP contribution < -0.4 is 5.32 Å². The highest BCUT2D eigenvalue weighted by atomic mass is 14.9. The predicted octanol–water partition coefficient (Wildman–Crippen LogP) is 3.99. The first-order valence-corrected chi connectivity index (χ1v) is 7.41. The maximum Gasteiger partial charge on any atom is 0.0103 e. The van der Waals surface area contributed by atoms with Crippen molar-refractivity contribution in [1.29, 1.82) is 0 Å². The molecule has 2 rings (SSSR count). The van der Waals surface area contributed by atoms with Crippen LogP contribution in [0.15, 0.2) is 30.3 Å². The van der Waals surface area contributed by atoms with Gasteiger partial charge in [0.2, 0.25) is 0 Å². The fourth-order valence-electron chi connectivity index (χ4n) is 3.39. The van der Waals surface area contributed by atoms with Crippen molar-refractivity contribution < 1.29 is 0 Å². The second-order valence-electron chi connectivity index (χ2n) is 6.34. The highest BCUT2D eigenvalue weighted by Crippen LogP contribution is 2.45. The maximum atomic E-state index is 3.70. The van der Waals surface area contributed by atoms with E-state index in [2.05, 4.69) is 56.4 Å². The number of rotatable bonds is 5. The molecule has 18 heavy (non-hydrogen) atoms. The minimum Gasteiger partial charge on any atom is -0.316 e. The Morgan fingerprint density at radius 2 is 2.00 bits per heavy atom. The Morgan fingerprint density at radius 3 is 2.56 bits per heavy atom. The zero-order valence-corrected chi connectivity index (χ0v) is 12.1. The molecule has 1 aliphatic carbocycles. The van der Waals surface area contributed by atoms with Gasteiger partial charge in [0.15, 0.2) is 0 Å². The van der Waals surface area contributed by atoms with E-state index >= 15 is 0 Å². The van der Waals surface area contributed by atoms with Gasteiger partial charge in [0.25, 0.3) is 0 Å². The van der Waals surface area contributed by atoms with E-state index in [1.165, 1.54) is 24.8 Å². The summed E-state index contributed by atoms with van der Waals surface area (Å²) in [6.07, 6.45) is 4.08. The molecule has 0 aliphatic heterocycles. The lowest BCUT2D eigenvalue weighted by Gasteiger charge is -2.35. The normalized spacial score (nSPS) is 27.9. The third-order valence-electron chi connectivity index (χ3n) is 4.55. The minimum atomic E-state index is 0.371. The molecule has 1 aromatic carbocycles. The molecule has 1 aliphatic rings. The van der Waals surface area contributed by atoms with Crippen molar-refractivity contribution in [2.45, 2.75) is 45.4 Å². The second-order valence-corrected chi connectivity index (χ2v) is 6.34. The van der Waals surface area contributed by atoms with Gasteiger partial charge in [-0.25, -0.2) is 0 Å². The number of hydrogen-bond acceptors (Lipinski definition) is 1. The molecule has 1 fully saturated rings. The van der Waals surface area contributed by atoms with Crippen LogP contribution in [0.2, 0.25) is 0 Å². The van der Waals surface area contributed by atoms with Gasteiger partial charge >= 0.3 is 0 Å². The third kappa shape index (κ3) is 2.77. The van der Waals surface area contributed by atoms with Crippen LogP contribution in [-0.4, -0.2) is 13.1 Å². The van der Waals surface area contributed by atoms with Crippen molar-refractivity contribution in [2.75, 3.05) is 13.1 Å². The van der Waals surface area contributed by atoms with Crippen molar-refractivity contribution in [3.05, 3.63) is 35.9 Å². The van der Waals surface area contributed by atoms with Crippen LogP contribution in [0.4, 0.5) is 0 Å². The molecule has 0 saturated heterocycles. The van der Waals surface area contributed by atoms with Gasteiger partial charge in [-0.3, -0.25) is 0 Å². The molecule has 0 radical (unpaired) electrons. The Kier molecular flexibility index (Phi) is 4.45. The van der Waals surface area contributed by atoms with E-state index in [4.69, 9.17) is 0 Å². The minimum absolute atomic E-state index is 0.371. The van der Waals surface area contributed by atoms with Crippen molar-refractivity contribution in [3.8, 4) is 0 Å². The monoisotopic (exact) mass is 245 g/mol. The smallest absolute Gasteiger partial charge is 0.0103 e. The van der Waals surface area contributed by atoms with E-state index in [9.17, 15) is 0 Å². The largest absolute Gasteiger partial charge is 0.316 e. The molecule has 1 N–H and O–H groups in total. The van der Waals surface area contributed by atoms with Crippen LogP contribution in [0.5, 0.6) is 0 Å². The zero-order valence-electron chi connectivity index (χ0n) is 12.1. The Hall–Kier alpha value is -0.820. The fraction of sp³-hybridized carbons (Fsp3) is 0.647. The predicted molar refractivity (Wildman–Crippen MR) is 78.8 cm³/mol. The topological polar surface area (TPSA) is 12.0 Å². The van der Waals surface area contributed by atoms with Crippen molar-refractivity contribution >= 4 is 0 Å². The van der Waals surface area contributed by atoms with E-state index in [1.807, 2.05) is 0 Å². The van der Waals surface area contributed by atoms with Crippen LogP contribution in [0.1, 0.15) is 45.6 Å². The summed E-state index contributed by atoms with van der Waals surface area (Å²) in [5.74, 6) is 1.52. The molecule has 1 heteroatoms. The molecule has 1 nitrogen and oxygen atoms in total. The summed E-state index contributed by atoms with van der Waals surface area (Å²) in [7, 11) is 0. The molecule has 0 aromatic heterocycles. The first-order valence-electron chi connectivity index (χ1n) is 7.41. The average molecular weight is 245 g/mol. The van der Waals surface area contributed by atoms with Gasteiger partial charge in [0.1, 0.15) is 0 Å². The second kappa shape index (κ2) is 5.88. The average Bonchev–Trinajstić information content (AvgIpc) is 2.73. The summed E-state index contributed by atoms with van der Waals surface area (Å²) in [5.41, 5.74) is 1.90. The molecule has 2 unspecified atom stereocenters. The highest BCUT2D eigenvalue weighted by Gasteiger charge is 2.41. The Labute approximate surface area is 112 Å². The first-order chi connectivity index (χ1) is 8.65. The summed E-state index contributed by atoms with van der Waals surface area (Å²) in [5, 5.41) is 3.70. The van der Waals surface area contributed by atoms with Gasteiger partial charge in [-0.15, -0.1) is 0 Å². The molecular weight excluding hydrogens is 218 g/mol. The van der Waals surface area contributed by atoms with Gasteiger partial charge in [-0.1, -0.05) is 57.5 Å². The Balaban J connectivity index is 2.14. The zero-order chi connectivity index (χ0) is 13.0. The van der Waals surface area contributed by atoms with Gasteiger partial charge in [-0.05, 0) is 36.8 Å². The summed E-state index contributed by atoms with van der Waals surface area (Å²) in [6, 6.07) is 11.1. The van der Waals surface area contributed by atoms with Crippen molar-refractivity contribution in [2.24, 2.45) is 11.8 Å². The summed E-state index contributed by atoms with van der Waals surface area (Å²) in [6.45, 7) is 9.25. The van der Waals surface area contributed by atoms with Crippen LogP contribution in [0.3, 0.4) is 0 Å². The molecule has 1 saturated carbocycles. The summed E-state index contributed by atoms with van der Waals surface area (Å²) >= 11 is 0. The molecule has 100 valence electrons. The van der Waals surface area contributed by atoms with Crippen LogP contribution in [0, 0.1) is 11.8 Å². The quantitative estimate of drug-likeness (QED) is 0.827. The van der Waals surface area contributed by atoms with E-state index in [0.717, 1.165) is 24.9 Å². The van der Waals surface area contributed by atoms with Gasteiger partial charge in [0, 0.05) is 12.0 Å². The Bertz CT molecular complexity index is 357. The summed E-state index contributed by atoms with van der Waals surface area (Å²) < 4.78 is 0. The molecule has 1 aromatic rings. The van der Waals surface area contributed by atoms with E-state index in [1.54, 1.807) is 0 Å². The van der Waals surface area contributed by atoms with Crippen molar-refractivity contribution in [3.63, 3.8) is 0 Å². The Morgan fingerprint density at radius 1 is 1.28 bits per heavy atom. The highest BCUT2D eigenvalue weighted by molar-refractivity contribution is 5.28. The lowest BCUT2D eigenvalue weighted by Crippen LogP contribution is -2.41. The molecule has 0 heterocycles. The van der Waals surface area contributed by atoms with E-state index < -0.39 is 0 Å². The van der Waals surface area contributed by atoms with Gasteiger partial charge in [0.05, 0.1) is 0 Å². The maximum absolute atomic E-state index is 3.70. The van der Waals surface area contributed by atoms with Gasteiger partial charge < -0.3 is 5.32 Å². The number of benzene rings is 1.